The molecule has 16 heavy (non-hydrogen) atoms. The zero-order valence-corrected chi connectivity index (χ0v) is 10.0. The molecule has 1 saturated heterocycles. The van der Waals surface area contributed by atoms with Gasteiger partial charge < -0.3 is 10.2 Å². The van der Waals surface area contributed by atoms with Crippen molar-refractivity contribution < 1.29 is 9.59 Å². The fraction of sp³-hybridized carbons (Fsp3) is 0.667. The maximum Gasteiger partial charge on any atom is 0.245 e. The van der Waals surface area contributed by atoms with E-state index in [9.17, 15) is 9.59 Å². The van der Waals surface area contributed by atoms with E-state index in [0.717, 1.165) is 0 Å². The summed E-state index contributed by atoms with van der Waals surface area (Å²) >= 11 is 0. The van der Waals surface area contributed by atoms with Crippen molar-refractivity contribution in [1.29, 1.82) is 0 Å². The minimum atomic E-state index is -0.366. The third-order valence-corrected chi connectivity index (χ3v) is 2.61. The number of nitrogens with zero attached hydrogens (tertiary/aromatic N) is 1. The van der Waals surface area contributed by atoms with Gasteiger partial charge >= 0.3 is 0 Å². The summed E-state index contributed by atoms with van der Waals surface area (Å²) < 4.78 is 0. The number of hydrogen-bond donors (Lipinski definition) is 1. The van der Waals surface area contributed by atoms with E-state index >= 15 is 0 Å². The van der Waals surface area contributed by atoms with Crippen LogP contribution in [-0.2, 0) is 9.59 Å². The topological polar surface area (TPSA) is 49.4 Å². The third kappa shape index (κ3) is 3.36. The first-order chi connectivity index (χ1) is 7.54. The number of hydrogen-bond acceptors (Lipinski definition) is 2. The molecular weight excluding hydrogens is 204 g/mol. The molecule has 0 bridgehead atoms. The molecule has 1 aliphatic rings. The molecule has 1 heterocycles. The summed E-state index contributed by atoms with van der Waals surface area (Å²) in [5, 5.41) is 2.78. The third-order valence-electron chi connectivity index (χ3n) is 2.61. The van der Waals surface area contributed by atoms with Gasteiger partial charge in [-0.05, 0) is 12.3 Å². The fourth-order valence-corrected chi connectivity index (χ4v) is 1.86. The Morgan fingerprint density at radius 1 is 1.56 bits per heavy atom. The van der Waals surface area contributed by atoms with Crippen LogP contribution in [0.5, 0.6) is 0 Å². The second-order valence-electron chi connectivity index (χ2n) is 4.57. The van der Waals surface area contributed by atoms with Gasteiger partial charge in [0.15, 0.2) is 0 Å². The summed E-state index contributed by atoms with van der Waals surface area (Å²) in [5.41, 5.74) is 0. The normalized spacial score (nSPS) is 21.9. The van der Waals surface area contributed by atoms with Crippen LogP contribution in [0.3, 0.4) is 0 Å². The molecule has 1 N–H and O–H groups in total. The van der Waals surface area contributed by atoms with Crippen molar-refractivity contribution in [3.05, 3.63) is 12.7 Å². The minimum absolute atomic E-state index is 0.0134. The van der Waals surface area contributed by atoms with E-state index in [4.69, 9.17) is 0 Å². The Hall–Kier alpha value is -1.32. The SMILES string of the molecule is C=CCN1CCC(=O)NC(CC(C)C)C1=O. The van der Waals surface area contributed by atoms with Crippen molar-refractivity contribution in [1.82, 2.24) is 10.2 Å². The number of carbonyl (C=O) groups is 2. The summed E-state index contributed by atoms with van der Waals surface area (Å²) in [6.07, 6.45) is 2.77. The molecule has 0 aliphatic carbocycles. The van der Waals surface area contributed by atoms with Gasteiger partial charge in [-0.2, -0.15) is 0 Å². The highest BCUT2D eigenvalue weighted by molar-refractivity contribution is 5.90. The molecule has 4 heteroatoms. The van der Waals surface area contributed by atoms with Gasteiger partial charge in [0.2, 0.25) is 11.8 Å². The lowest BCUT2D eigenvalue weighted by Gasteiger charge is -2.23. The highest BCUT2D eigenvalue weighted by Crippen LogP contribution is 2.11. The van der Waals surface area contributed by atoms with E-state index in [-0.39, 0.29) is 17.9 Å². The van der Waals surface area contributed by atoms with Gasteiger partial charge in [0.1, 0.15) is 6.04 Å². The summed E-state index contributed by atoms with van der Waals surface area (Å²) in [6.45, 7) is 8.72. The lowest BCUT2D eigenvalue weighted by atomic mass is 10.0. The molecule has 0 radical (unpaired) electrons. The molecule has 1 aliphatic heterocycles. The quantitative estimate of drug-likeness (QED) is 0.722. The molecule has 0 aromatic rings. The maximum atomic E-state index is 12.1. The number of amides is 2. The Balaban J connectivity index is 2.74. The van der Waals surface area contributed by atoms with Crippen molar-refractivity contribution in [2.45, 2.75) is 32.7 Å². The first kappa shape index (κ1) is 12.7. The number of rotatable bonds is 4. The molecule has 0 saturated carbocycles. The van der Waals surface area contributed by atoms with Crippen molar-refractivity contribution in [3.8, 4) is 0 Å². The summed E-state index contributed by atoms with van der Waals surface area (Å²) in [6, 6.07) is -0.366. The molecule has 90 valence electrons. The van der Waals surface area contributed by atoms with Crippen molar-refractivity contribution >= 4 is 11.8 Å². The Morgan fingerprint density at radius 3 is 2.81 bits per heavy atom. The predicted molar refractivity (Wildman–Crippen MR) is 62.8 cm³/mol. The Morgan fingerprint density at radius 2 is 2.25 bits per heavy atom. The standard InChI is InChI=1S/C12H20N2O2/c1-4-6-14-7-5-11(15)13-10(12(14)16)8-9(2)3/h4,9-10H,1,5-8H2,2-3H3,(H,13,15). The second-order valence-corrected chi connectivity index (χ2v) is 4.57. The lowest BCUT2D eigenvalue weighted by Crippen LogP contribution is -2.45. The molecule has 0 spiro atoms. The molecule has 1 unspecified atom stereocenters. The second kappa shape index (κ2) is 5.68. The van der Waals surface area contributed by atoms with Gasteiger partial charge in [-0.1, -0.05) is 19.9 Å². The van der Waals surface area contributed by atoms with Crippen molar-refractivity contribution in [3.63, 3.8) is 0 Å². The highest BCUT2D eigenvalue weighted by atomic mass is 16.2. The summed E-state index contributed by atoms with van der Waals surface area (Å²) in [4.78, 5) is 25.2. The fourth-order valence-electron chi connectivity index (χ4n) is 1.86. The number of carbonyl (C=O) groups excluding carboxylic acids is 2. The van der Waals surface area contributed by atoms with Gasteiger partial charge in [0.25, 0.3) is 0 Å². The van der Waals surface area contributed by atoms with E-state index in [2.05, 4.69) is 11.9 Å². The Bertz CT molecular complexity index is 287. The molecule has 1 rings (SSSR count). The van der Waals surface area contributed by atoms with Crippen LogP contribution in [0, 0.1) is 5.92 Å². The zero-order chi connectivity index (χ0) is 12.1. The van der Waals surface area contributed by atoms with Crippen LogP contribution < -0.4 is 5.32 Å². The molecule has 2 amide bonds. The molecular formula is C12H20N2O2. The van der Waals surface area contributed by atoms with Crippen molar-refractivity contribution in [2.24, 2.45) is 5.92 Å². The smallest absolute Gasteiger partial charge is 0.245 e. The average Bonchev–Trinajstić information content (AvgIpc) is 2.31. The minimum Gasteiger partial charge on any atom is -0.344 e. The van der Waals surface area contributed by atoms with E-state index in [1.54, 1.807) is 11.0 Å². The molecule has 0 aromatic carbocycles. The highest BCUT2D eigenvalue weighted by Gasteiger charge is 2.29. The van der Waals surface area contributed by atoms with Gasteiger partial charge in [-0.3, -0.25) is 9.59 Å². The Kier molecular flexibility index (Phi) is 4.52. The zero-order valence-electron chi connectivity index (χ0n) is 10.0. The molecule has 1 fully saturated rings. The van der Waals surface area contributed by atoms with Gasteiger partial charge in [0.05, 0.1) is 0 Å². The average molecular weight is 224 g/mol. The van der Waals surface area contributed by atoms with E-state index in [1.807, 2.05) is 13.8 Å². The maximum absolute atomic E-state index is 12.1. The first-order valence-electron chi connectivity index (χ1n) is 5.73. The van der Waals surface area contributed by atoms with Crippen LogP contribution in [0.25, 0.3) is 0 Å². The summed E-state index contributed by atoms with van der Waals surface area (Å²) in [7, 11) is 0. The van der Waals surface area contributed by atoms with E-state index in [1.165, 1.54) is 0 Å². The molecule has 1 atom stereocenters. The number of nitrogens with one attached hydrogen (secondary N) is 1. The van der Waals surface area contributed by atoms with Gasteiger partial charge in [-0.25, -0.2) is 0 Å². The monoisotopic (exact) mass is 224 g/mol. The lowest BCUT2D eigenvalue weighted by molar-refractivity contribution is -0.133. The van der Waals surface area contributed by atoms with Gasteiger partial charge in [0, 0.05) is 19.5 Å². The van der Waals surface area contributed by atoms with Crippen LogP contribution in [-0.4, -0.2) is 35.8 Å². The molecule has 0 aromatic heterocycles. The Labute approximate surface area is 96.7 Å². The van der Waals surface area contributed by atoms with Crippen LogP contribution >= 0.6 is 0 Å². The van der Waals surface area contributed by atoms with Crippen molar-refractivity contribution in [2.75, 3.05) is 13.1 Å². The summed E-state index contributed by atoms with van der Waals surface area (Å²) in [5.74, 6) is 0.364. The van der Waals surface area contributed by atoms with E-state index in [0.29, 0.717) is 31.8 Å². The largest absolute Gasteiger partial charge is 0.344 e. The molecule has 4 nitrogen and oxygen atoms in total. The first-order valence-corrected chi connectivity index (χ1v) is 5.73. The van der Waals surface area contributed by atoms with Gasteiger partial charge in [-0.15, -0.1) is 6.58 Å². The van der Waals surface area contributed by atoms with E-state index < -0.39 is 0 Å². The van der Waals surface area contributed by atoms with Crippen LogP contribution in [0.2, 0.25) is 0 Å². The van der Waals surface area contributed by atoms with Crippen LogP contribution in [0.4, 0.5) is 0 Å². The predicted octanol–water partition coefficient (Wildman–Crippen LogP) is 0.936. The van der Waals surface area contributed by atoms with Crippen LogP contribution in [0.15, 0.2) is 12.7 Å². The van der Waals surface area contributed by atoms with Crippen LogP contribution in [0.1, 0.15) is 26.7 Å².